The summed E-state index contributed by atoms with van der Waals surface area (Å²) in [5.41, 5.74) is 1.78. The molecule has 0 bridgehead atoms. The Hall–Kier alpha value is -2.05. The molecule has 0 saturated heterocycles. The van der Waals surface area contributed by atoms with Crippen LogP contribution in [0.15, 0.2) is 57.4 Å². The highest BCUT2D eigenvalue weighted by molar-refractivity contribution is 9.10. The smallest absolute Gasteiger partial charge is 0.248 e. The molecular weight excluding hydrogens is 373 g/mol. The zero-order valence-corrected chi connectivity index (χ0v) is 14.8. The first-order valence-electron chi connectivity index (χ1n) is 7.70. The summed E-state index contributed by atoms with van der Waals surface area (Å²) in [5.74, 6) is 0.802. The van der Waals surface area contributed by atoms with Crippen molar-refractivity contribution in [1.82, 2.24) is 15.1 Å². The third-order valence-electron chi connectivity index (χ3n) is 3.67. The monoisotopic (exact) mass is 389 g/mol. The van der Waals surface area contributed by atoms with E-state index in [0.717, 1.165) is 22.1 Å². The molecule has 0 amide bonds. The molecule has 0 unspecified atom stereocenters. The largest absolute Gasteiger partial charge is 0.419 e. The van der Waals surface area contributed by atoms with Gasteiger partial charge in [-0.2, -0.15) is 0 Å². The van der Waals surface area contributed by atoms with Gasteiger partial charge >= 0.3 is 0 Å². The molecule has 1 aromatic heterocycles. The Morgan fingerprint density at radius 1 is 1.08 bits per heavy atom. The zero-order chi connectivity index (χ0) is 16.9. The van der Waals surface area contributed by atoms with E-state index >= 15 is 0 Å². The molecule has 0 fully saturated rings. The number of benzene rings is 2. The van der Waals surface area contributed by atoms with Crippen molar-refractivity contribution in [2.75, 3.05) is 6.54 Å². The first-order valence-corrected chi connectivity index (χ1v) is 8.49. The van der Waals surface area contributed by atoms with Crippen molar-refractivity contribution >= 4 is 15.9 Å². The molecule has 0 aliphatic carbocycles. The standard InChI is InChI=1S/C18H17BrFN3O/c1-2-23(11-13-6-5-7-14(20)10-13)12-17-21-22-18(24-17)15-8-3-4-9-16(15)19/h3-10H,2,11-12H2,1H3. The van der Waals surface area contributed by atoms with E-state index in [1.807, 2.05) is 37.3 Å². The molecule has 4 nitrogen and oxygen atoms in total. The van der Waals surface area contributed by atoms with Crippen molar-refractivity contribution in [3.63, 3.8) is 0 Å². The highest BCUT2D eigenvalue weighted by atomic mass is 79.9. The second-order valence-corrected chi connectivity index (χ2v) is 6.27. The summed E-state index contributed by atoms with van der Waals surface area (Å²) in [6.07, 6.45) is 0. The van der Waals surface area contributed by atoms with Gasteiger partial charge in [0.25, 0.3) is 0 Å². The minimum atomic E-state index is -0.224. The average molecular weight is 390 g/mol. The molecule has 0 aliphatic rings. The van der Waals surface area contributed by atoms with Gasteiger partial charge in [0.05, 0.1) is 12.1 Å². The lowest BCUT2D eigenvalue weighted by atomic mass is 10.2. The summed E-state index contributed by atoms with van der Waals surface area (Å²) in [5, 5.41) is 8.25. The van der Waals surface area contributed by atoms with E-state index in [0.29, 0.717) is 24.9 Å². The Balaban J connectivity index is 1.72. The zero-order valence-electron chi connectivity index (χ0n) is 13.2. The first kappa shape index (κ1) is 16.8. The van der Waals surface area contributed by atoms with Crippen LogP contribution in [0.1, 0.15) is 18.4 Å². The second kappa shape index (κ2) is 7.68. The lowest BCUT2D eigenvalue weighted by Gasteiger charge is -2.18. The van der Waals surface area contributed by atoms with Crippen molar-refractivity contribution in [1.29, 1.82) is 0 Å². The highest BCUT2D eigenvalue weighted by Gasteiger charge is 2.14. The predicted octanol–water partition coefficient (Wildman–Crippen LogP) is 4.66. The van der Waals surface area contributed by atoms with Gasteiger partial charge in [-0.05, 0) is 52.3 Å². The maximum atomic E-state index is 13.3. The number of halogens is 2. The van der Waals surface area contributed by atoms with Gasteiger partial charge in [-0.15, -0.1) is 10.2 Å². The van der Waals surface area contributed by atoms with E-state index < -0.39 is 0 Å². The van der Waals surface area contributed by atoms with Crippen LogP contribution in [0.3, 0.4) is 0 Å². The summed E-state index contributed by atoms with van der Waals surface area (Å²) < 4.78 is 20.0. The maximum absolute atomic E-state index is 13.3. The molecule has 3 aromatic rings. The highest BCUT2D eigenvalue weighted by Crippen LogP contribution is 2.26. The van der Waals surface area contributed by atoms with Crippen molar-refractivity contribution < 1.29 is 8.81 Å². The van der Waals surface area contributed by atoms with Crippen LogP contribution in [-0.2, 0) is 13.1 Å². The Morgan fingerprint density at radius 2 is 1.92 bits per heavy atom. The molecule has 2 aromatic carbocycles. The Morgan fingerprint density at radius 3 is 2.67 bits per heavy atom. The Kier molecular flexibility index (Phi) is 5.37. The van der Waals surface area contributed by atoms with Gasteiger partial charge < -0.3 is 4.42 Å². The van der Waals surface area contributed by atoms with E-state index in [2.05, 4.69) is 31.0 Å². The molecule has 0 N–H and O–H groups in total. The topological polar surface area (TPSA) is 42.2 Å². The number of rotatable bonds is 6. The molecular formula is C18H17BrFN3O. The summed E-state index contributed by atoms with van der Waals surface area (Å²) in [6.45, 7) is 3.99. The molecule has 0 saturated carbocycles. The van der Waals surface area contributed by atoms with Gasteiger partial charge in [0.15, 0.2) is 0 Å². The van der Waals surface area contributed by atoms with Crippen molar-refractivity contribution in [2.24, 2.45) is 0 Å². The van der Waals surface area contributed by atoms with Crippen LogP contribution in [0.5, 0.6) is 0 Å². The molecule has 124 valence electrons. The predicted molar refractivity (Wildman–Crippen MR) is 93.6 cm³/mol. The molecule has 0 aliphatic heterocycles. The second-order valence-electron chi connectivity index (χ2n) is 5.41. The minimum Gasteiger partial charge on any atom is -0.419 e. The van der Waals surface area contributed by atoms with Crippen molar-refractivity contribution in [3.05, 3.63) is 70.3 Å². The van der Waals surface area contributed by atoms with E-state index in [1.54, 1.807) is 12.1 Å². The van der Waals surface area contributed by atoms with E-state index in [1.165, 1.54) is 6.07 Å². The minimum absolute atomic E-state index is 0.224. The third-order valence-corrected chi connectivity index (χ3v) is 4.36. The Labute approximate surface area is 148 Å². The number of nitrogens with zero attached hydrogens (tertiary/aromatic N) is 3. The molecule has 24 heavy (non-hydrogen) atoms. The molecule has 0 atom stereocenters. The normalized spacial score (nSPS) is 11.2. The molecule has 1 heterocycles. The summed E-state index contributed by atoms with van der Waals surface area (Å²) in [4.78, 5) is 2.12. The van der Waals surface area contributed by atoms with Crippen LogP contribution in [0.4, 0.5) is 4.39 Å². The molecule has 0 radical (unpaired) electrons. The number of hydrogen-bond donors (Lipinski definition) is 0. The molecule has 0 spiro atoms. The quantitative estimate of drug-likeness (QED) is 0.614. The first-order chi connectivity index (χ1) is 11.7. The van der Waals surface area contributed by atoms with Crippen LogP contribution < -0.4 is 0 Å². The van der Waals surface area contributed by atoms with E-state index in [4.69, 9.17) is 4.42 Å². The van der Waals surface area contributed by atoms with Gasteiger partial charge in [0.1, 0.15) is 5.82 Å². The fourth-order valence-electron chi connectivity index (χ4n) is 2.43. The molecule has 6 heteroatoms. The SMILES string of the molecule is CCN(Cc1cccc(F)c1)Cc1nnc(-c2ccccc2Br)o1. The third kappa shape index (κ3) is 4.07. The Bertz CT molecular complexity index is 821. The summed E-state index contributed by atoms with van der Waals surface area (Å²) >= 11 is 3.48. The lowest BCUT2D eigenvalue weighted by Crippen LogP contribution is -2.22. The van der Waals surface area contributed by atoms with E-state index in [-0.39, 0.29) is 5.82 Å². The van der Waals surface area contributed by atoms with Crippen LogP contribution in [0, 0.1) is 5.82 Å². The van der Waals surface area contributed by atoms with Crippen LogP contribution in [-0.4, -0.2) is 21.6 Å². The van der Waals surface area contributed by atoms with Crippen LogP contribution in [0.25, 0.3) is 11.5 Å². The van der Waals surface area contributed by atoms with Gasteiger partial charge in [0.2, 0.25) is 11.8 Å². The maximum Gasteiger partial charge on any atom is 0.248 e. The van der Waals surface area contributed by atoms with Crippen molar-refractivity contribution in [3.8, 4) is 11.5 Å². The van der Waals surface area contributed by atoms with Gasteiger partial charge in [-0.3, -0.25) is 4.90 Å². The summed E-state index contributed by atoms with van der Waals surface area (Å²) in [6, 6.07) is 14.3. The summed E-state index contributed by atoms with van der Waals surface area (Å²) in [7, 11) is 0. The van der Waals surface area contributed by atoms with Crippen molar-refractivity contribution in [2.45, 2.75) is 20.0 Å². The average Bonchev–Trinajstić information content (AvgIpc) is 3.03. The lowest BCUT2D eigenvalue weighted by molar-refractivity contribution is 0.243. The van der Waals surface area contributed by atoms with Gasteiger partial charge in [0, 0.05) is 11.0 Å². The van der Waals surface area contributed by atoms with Gasteiger partial charge in [-0.1, -0.05) is 31.2 Å². The van der Waals surface area contributed by atoms with Crippen LogP contribution in [0.2, 0.25) is 0 Å². The van der Waals surface area contributed by atoms with Crippen LogP contribution >= 0.6 is 15.9 Å². The fourth-order valence-corrected chi connectivity index (χ4v) is 2.88. The number of aromatic nitrogens is 2. The molecule has 3 rings (SSSR count). The van der Waals surface area contributed by atoms with E-state index in [9.17, 15) is 4.39 Å². The fraction of sp³-hybridized carbons (Fsp3) is 0.222. The number of hydrogen-bond acceptors (Lipinski definition) is 4. The van der Waals surface area contributed by atoms with Gasteiger partial charge in [-0.25, -0.2) is 4.39 Å².